The molecular formula is C17H12ClNO4S. The Labute approximate surface area is 146 Å². The third kappa shape index (κ3) is 3.39. The molecule has 0 unspecified atom stereocenters. The molecule has 0 bridgehead atoms. The Morgan fingerprint density at radius 1 is 1.25 bits per heavy atom. The molecule has 122 valence electrons. The third-order valence-corrected chi connectivity index (χ3v) is 5.09. The molecular weight excluding hydrogens is 350 g/mol. The van der Waals surface area contributed by atoms with E-state index in [2.05, 4.69) is 0 Å². The van der Waals surface area contributed by atoms with Gasteiger partial charge in [-0.25, -0.2) is 0 Å². The molecule has 3 aromatic rings. The van der Waals surface area contributed by atoms with Crippen LogP contribution in [-0.2, 0) is 11.2 Å². The van der Waals surface area contributed by atoms with Crippen molar-refractivity contribution in [1.29, 1.82) is 0 Å². The first-order valence-electron chi connectivity index (χ1n) is 7.06. The molecule has 0 saturated heterocycles. The number of fused-ring (bicyclic) bond motifs is 1. The lowest BCUT2D eigenvalue weighted by Crippen LogP contribution is -2.10. The Morgan fingerprint density at radius 3 is 2.62 bits per heavy atom. The maximum absolute atomic E-state index is 12.1. The van der Waals surface area contributed by atoms with Gasteiger partial charge in [-0.2, -0.15) is 0 Å². The lowest BCUT2D eigenvalue weighted by molar-refractivity contribution is -0.384. The number of ether oxygens (including phenoxy) is 1. The second-order valence-electron chi connectivity index (χ2n) is 5.19. The summed E-state index contributed by atoms with van der Waals surface area (Å²) in [7, 11) is 0. The number of hydrogen-bond acceptors (Lipinski definition) is 5. The standard InChI is InChI=1S/C17H12ClNO4S/c1-10-14-8-11(18)2-7-15(14)24-16(10)9-17(20)23-13-5-3-12(4-6-13)19(21)22/h2-8H,9H2,1H3. The first-order valence-corrected chi connectivity index (χ1v) is 8.26. The maximum atomic E-state index is 12.1. The fourth-order valence-electron chi connectivity index (χ4n) is 2.35. The summed E-state index contributed by atoms with van der Waals surface area (Å²) in [6.45, 7) is 1.95. The van der Waals surface area contributed by atoms with Gasteiger partial charge in [0.2, 0.25) is 0 Å². The van der Waals surface area contributed by atoms with Gasteiger partial charge in [0.05, 0.1) is 11.3 Å². The fourth-order valence-corrected chi connectivity index (χ4v) is 3.70. The highest BCUT2D eigenvalue weighted by Crippen LogP contribution is 2.33. The van der Waals surface area contributed by atoms with Crippen LogP contribution < -0.4 is 4.74 Å². The number of carbonyl (C=O) groups is 1. The number of esters is 1. The van der Waals surface area contributed by atoms with Crippen molar-refractivity contribution in [3.05, 3.63) is 68.0 Å². The third-order valence-electron chi connectivity index (χ3n) is 3.58. The van der Waals surface area contributed by atoms with Gasteiger partial charge in [0.15, 0.2) is 0 Å². The summed E-state index contributed by atoms with van der Waals surface area (Å²) < 4.78 is 6.31. The highest BCUT2D eigenvalue weighted by molar-refractivity contribution is 7.19. The van der Waals surface area contributed by atoms with Crippen molar-refractivity contribution in [2.24, 2.45) is 0 Å². The molecule has 3 rings (SSSR count). The van der Waals surface area contributed by atoms with Gasteiger partial charge in [0.1, 0.15) is 5.75 Å². The smallest absolute Gasteiger partial charge is 0.316 e. The fraction of sp³-hybridized carbons (Fsp3) is 0.118. The van der Waals surface area contributed by atoms with Crippen LogP contribution in [0, 0.1) is 17.0 Å². The van der Waals surface area contributed by atoms with Gasteiger partial charge >= 0.3 is 5.97 Å². The Bertz CT molecular complexity index is 934. The summed E-state index contributed by atoms with van der Waals surface area (Å²) >= 11 is 7.54. The lowest BCUT2D eigenvalue weighted by Gasteiger charge is -2.03. The zero-order valence-corrected chi connectivity index (χ0v) is 14.2. The van der Waals surface area contributed by atoms with E-state index in [0.29, 0.717) is 5.02 Å². The van der Waals surface area contributed by atoms with Crippen molar-refractivity contribution in [3.8, 4) is 5.75 Å². The first kappa shape index (κ1) is 16.4. The number of hydrogen-bond donors (Lipinski definition) is 0. The summed E-state index contributed by atoms with van der Waals surface area (Å²) in [4.78, 5) is 23.1. The molecule has 0 aliphatic heterocycles. The SMILES string of the molecule is Cc1c(CC(=O)Oc2ccc([N+](=O)[O-])cc2)sc2ccc(Cl)cc12. The molecule has 2 aromatic carbocycles. The van der Waals surface area contributed by atoms with Crippen LogP contribution in [0.1, 0.15) is 10.4 Å². The number of halogens is 1. The van der Waals surface area contributed by atoms with Crippen molar-refractivity contribution in [2.45, 2.75) is 13.3 Å². The lowest BCUT2D eigenvalue weighted by atomic mass is 10.1. The highest BCUT2D eigenvalue weighted by atomic mass is 35.5. The van der Waals surface area contributed by atoms with E-state index in [1.165, 1.54) is 35.6 Å². The molecule has 0 spiro atoms. The van der Waals surface area contributed by atoms with Gasteiger partial charge in [-0.15, -0.1) is 11.3 Å². The number of nitro benzene ring substituents is 1. The molecule has 24 heavy (non-hydrogen) atoms. The topological polar surface area (TPSA) is 69.4 Å². The molecule has 1 aromatic heterocycles. The summed E-state index contributed by atoms with van der Waals surface area (Å²) in [5, 5.41) is 12.3. The van der Waals surface area contributed by atoms with Crippen LogP contribution in [0.15, 0.2) is 42.5 Å². The number of nitro groups is 1. The van der Waals surface area contributed by atoms with Gasteiger partial charge in [0.25, 0.3) is 5.69 Å². The van der Waals surface area contributed by atoms with E-state index in [1.54, 1.807) is 0 Å². The highest BCUT2D eigenvalue weighted by Gasteiger charge is 2.14. The van der Waals surface area contributed by atoms with Crippen molar-refractivity contribution in [2.75, 3.05) is 0 Å². The monoisotopic (exact) mass is 361 g/mol. The predicted octanol–water partition coefficient (Wildman–Crippen LogP) is 4.92. The summed E-state index contributed by atoms with van der Waals surface area (Å²) in [5.41, 5.74) is 0.963. The molecule has 0 amide bonds. The maximum Gasteiger partial charge on any atom is 0.316 e. The number of aryl methyl sites for hydroxylation is 1. The average molecular weight is 362 g/mol. The molecule has 0 aliphatic rings. The normalized spacial score (nSPS) is 10.8. The molecule has 0 atom stereocenters. The molecule has 0 radical (unpaired) electrons. The number of carbonyl (C=O) groups excluding carboxylic acids is 1. The summed E-state index contributed by atoms with van der Waals surface area (Å²) in [5.74, 6) is -0.128. The number of thiophene rings is 1. The second kappa shape index (κ2) is 6.59. The molecule has 0 N–H and O–H groups in total. The number of non-ortho nitro benzene ring substituents is 1. The molecule has 0 aliphatic carbocycles. The minimum Gasteiger partial charge on any atom is -0.426 e. The molecule has 7 heteroatoms. The van der Waals surface area contributed by atoms with E-state index in [-0.39, 0.29) is 17.9 Å². The Kier molecular flexibility index (Phi) is 4.51. The average Bonchev–Trinajstić information content (AvgIpc) is 2.84. The molecule has 0 fully saturated rings. The van der Waals surface area contributed by atoms with Crippen LogP contribution in [0.2, 0.25) is 5.02 Å². The van der Waals surface area contributed by atoms with E-state index in [4.69, 9.17) is 16.3 Å². The van der Waals surface area contributed by atoms with Gasteiger partial charge < -0.3 is 4.74 Å². The Morgan fingerprint density at radius 2 is 1.96 bits per heavy atom. The summed E-state index contributed by atoms with van der Waals surface area (Å²) in [6, 6.07) is 11.1. The van der Waals surface area contributed by atoms with Gasteiger partial charge in [-0.1, -0.05) is 11.6 Å². The van der Waals surface area contributed by atoms with E-state index in [1.807, 2.05) is 25.1 Å². The minimum atomic E-state index is -0.503. The Hall–Kier alpha value is -2.44. The predicted molar refractivity (Wildman–Crippen MR) is 94.0 cm³/mol. The molecule has 5 nitrogen and oxygen atoms in total. The van der Waals surface area contributed by atoms with Crippen LogP contribution in [0.25, 0.3) is 10.1 Å². The quantitative estimate of drug-likeness (QED) is 0.286. The number of benzene rings is 2. The number of nitrogens with zero attached hydrogens (tertiary/aromatic N) is 1. The van der Waals surface area contributed by atoms with Crippen LogP contribution in [-0.4, -0.2) is 10.9 Å². The van der Waals surface area contributed by atoms with Crippen molar-refractivity contribution >= 4 is 44.7 Å². The van der Waals surface area contributed by atoms with Crippen LogP contribution in [0.5, 0.6) is 5.75 Å². The van der Waals surface area contributed by atoms with Gasteiger partial charge in [-0.05, 0) is 48.2 Å². The first-order chi connectivity index (χ1) is 11.4. The minimum absolute atomic E-state index is 0.0490. The van der Waals surface area contributed by atoms with Crippen molar-refractivity contribution in [3.63, 3.8) is 0 Å². The van der Waals surface area contributed by atoms with E-state index < -0.39 is 10.9 Å². The molecule has 0 saturated carbocycles. The number of rotatable bonds is 4. The van der Waals surface area contributed by atoms with Gasteiger partial charge in [0, 0.05) is 26.7 Å². The van der Waals surface area contributed by atoms with E-state index >= 15 is 0 Å². The zero-order chi connectivity index (χ0) is 17.3. The van der Waals surface area contributed by atoms with Crippen LogP contribution in [0.4, 0.5) is 5.69 Å². The molecule has 1 heterocycles. The van der Waals surface area contributed by atoms with Crippen LogP contribution in [0.3, 0.4) is 0 Å². The van der Waals surface area contributed by atoms with E-state index in [0.717, 1.165) is 20.5 Å². The Balaban J connectivity index is 1.75. The van der Waals surface area contributed by atoms with E-state index in [9.17, 15) is 14.9 Å². The largest absolute Gasteiger partial charge is 0.426 e. The van der Waals surface area contributed by atoms with Crippen LogP contribution >= 0.6 is 22.9 Å². The second-order valence-corrected chi connectivity index (χ2v) is 6.77. The zero-order valence-electron chi connectivity index (χ0n) is 12.6. The van der Waals surface area contributed by atoms with Crippen molar-refractivity contribution < 1.29 is 14.5 Å². The van der Waals surface area contributed by atoms with Gasteiger partial charge in [-0.3, -0.25) is 14.9 Å². The summed E-state index contributed by atoms with van der Waals surface area (Å²) in [6.07, 6.45) is 0.139. The van der Waals surface area contributed by atoms with Crippen molar-refractivity contribution in [1.82, 2.24) is 0 Å².